The molecule has 0 aliphatic heterocycles. The van der Waals surface area contributed by atoms with Crippen molar-refractivity contribution < 1.29 is 44.6 Å². The summed E-state index contributed by atoms with van der Waals surface area (Å²) < 4.78 is 11.3. The van der Waals surface area contributed by atoms with E-state index in [4.69, 9.17) is 14.6 Å². The molecule has 0 spiro atoms. The van der Waals surface area contributed by atoms with E-state index in [1.165, 1.54) is 6.92 Å². The van der Waals surface area contributed by atoms with Crippen molar-refractivity contribution in [2.45, 2.75) is 95.7 Å². The second-order valence-electron chi connectivity index (χ2n) is 7.97. The van der Waals surface area contributed by atoms with E-state index >= 15 is 0 Å². The van der Waals surface area contributed by atoms with Gasteiger partial charge in [0, 0.05) is 25.1 Å². The summed E-state index contributed by atoms with van der Waals surface area (Å²) >= 11 is 0. The van der Waals surface area contributed by atoms with Crippen molar-refractivity contribution in [1.29, 1.82) is 0 Å². The lowest BCUT2D eigenvalue weighted by molar-refractivity contribution is -0.139. The number of aliphatic imine (C=N–C) groups is 1. The molecule has 1 amide bonds. The Balaban J connectivity index is 3.23. The van der Waals surface area contributed by atoms with E-state index in [2.05, 4.69) is 10.3 Å². The first-order chi connectivity index (χ1) is 15.6. The summed E-state index contributed by atoms with van der Waals surface area (Å²) in [7, 11) is 0. The molecule has 11 heteroatoms. The molecule has 190 valence electrons. The van der Waals surface area contributed by atoms with Crippen molar-refractivity contribution in [3.8, 4) is 0 Å². The van der Waals surface area contributed by atoms with Crippen molar-refractivity contribution in [3.63, 3.8) is 0 Å². The second-order valence-corrected chi connectivity index (χ2v) is 7.97. The van der Waals surface area contributed by atoms with E-state index in [-0.39, 0.29) is 25.0 Å². The Morgan fingerprint density at radius 3 is 2.33 bits per heavy atom. The molecule has 0 saturated carbocycles. The lowest BCUT2D eigenvalue weighted by Gasteiger charge is -2.36. The Morgan fingerprint density at radius 1 is 1.18 bits per heavy atom. The van der Waals surface area contributed by atoms with Gasteiger partial charge >= 0.3 is 5.97 Å². The van der Waals surface area contributed by atoms with Gasteiger partial charge in [-0.05, 0) is 25.8 Å². The predicted octanol–water partition coefficient (Wildman–Crippen LogP) is -1.17. The summed E-state index contributed by atoms with van der Waals surface area (Å²) in [5.41, 5.74) is 0.308. The first-order valence-corrected chi connectivity index (χ1v) is 11.3. The number of nitrogens with zero attached hydrogens (tertiary/aromatic N) is 1. The Labute approximate surface area is 194 Å². The van der Waals surface area contributed by atoms with Crippen LogP contribution < -0.4 is 5.32 Å². The summed E-state index contributed by atoms with van der Waals surface area (Å²) in [6.45, 7) is 6.30. The number of hydrogen-bond donors (Lipinski definition) is 6. The van der Waals surface area contributed by atoms with Crippen molar-refractivity contribution >= 4 is 18.1 Å². The molecule has 0 aromatic carbocycles. The maximum atomic E-state index is 12.4. The number of rotatable bonds is 13. The fraction of sp³-hybridized carbons (Fsp3) is 0.773. The lowest BCUT2D eigenvalue weighted by atomic mass is 9.87. The highest BCUT2D eigenvalue weighted by molar-refractivity contribution is 5.89. The first-order valence-electron chi connectivity index (χ1n) is 11.3. The average Bonchev–Trinajstić information content (AvgIpc) is 2.80. The molecule has 0 bridgehead atoms. The largest absolute Gasteiger partial charge is 0.463 e. The monoisotopic (exact) mass is 474 g/mol. The molecule has 0 saturated heterocycles. The van der Waals surface area contributed by atoms with Gasteiger partial charge in [0.15, 0.2) is 0 Å². The predicted molar refractivity (Wildman–Crippen MR) is 120 cm³/mol. The molecular formula is C22H38N2O9. The molecule has 0 unspecified atom stereocenters. The third kappa shape index (κ3) is 8.76. The Kier molecular flexibility index (Phi) is 12.7. The molecule has 7 atom stereocenters. The van der Waals surface area contributed by atoms with E-state index in [1.54, 1.807) is 13.0 Å². The molecule has 1 aliphatic rings. The number of ether oxygens (including phenoxy) is 2. The first kappa shape index (κ1) is 29.1. The zero-order chi connectivity index (χ0) is 25.1. The van der Waals surface area contributed by atoms with E-state index in [1.807, 2.05) is 13.8 Å². The molecule has 1 aliphatic carbocycles. The smallest absolute Gasteiger partial charge is 0.333 e. The van der Waals surface area contributed by atoms with E-state index < -0.39 is 55.2 Å². The summed E-state index contributed by atoms with van der Waals surface area (Å²) in [4.78, 5) is 28.6. The minimum Gasteiger partial charge on any atom is -0.463 e. The highest BCUT2D eigenvalue weighted by atomic mass is 16.5. The van der Waals surface area contributed by atoms with Gasteiger partial charge in [-0.2, -0.15) is 0 Å². The highest BCUT2D eigenvalue weighted by Gasteiger charge is 2.38. The van der Waals surface area contributed by atoms with Crippen LogP contribution in [0.3, 0.4) is 0 Å². The van der Waals surface area contributed by atoms with Gasteiger partial charge in [0.05, 0.1) is 37.5 Å². The van der Waals surface area contributed by atoms with Gasteiger partial charge in [-0.1, -0.05) is 13.8 Å². The van der Waals surface area contributed by atoms with Crippen LogP contribution in [-0.2, 0) is 19.1 Å². The SMILES string of the molecule is CCOC(=O)C1=C[C@H](OC(CC)CC)[C@H](NC(C)=O)[C@@H](N=C[C@H](O)[C@@H](O)[C@H](O)[C@H](O)CO)C1. The number of hydrogen-bond acceptors (Lipinski definition) is 10. The minimum atomic E-state index is -1.82. The van der Waals surface area contributed by atoms with Crippen LogP contribution in [0.25, 0.3) is 0 Å². The fourth-order valence-corrected chi connectivity index (χ4v) is 3.53. The quantitative estimate of drug-likeness (QED) is 0.142. The van der Waals surface area contributed by atoms with Crippen LogP contribution in [0.5, 0.6) is 0 Å². The Bertz CT molecular complexity index is 681. The van der Waals surface area contributed by atoms with E-state index in [0.29, 0.717) is 18.4 Å². The summed E-state index contributed by atoms with van der Waals surface area (Å²) in [5.74, 6) is -0.882. The maximum absolute atomic E-state index is 12.4. The van der Waals surface area contributed by atoms with Gasteiger partial charge in [0.2, 0.25) is 5.91 Å². The fourth-order valence-electron chi connectivity index (χ4n) is 3.53. The zero-order valence-electron chi connectivity index (χ0n) is 19.6. The van der Waals surface area contributed by atoms with Crippen LogP contribution in [0, 0.1) is 0 Å². The maximum Gasteiger partial charge on any atom is 0.333 e. The molecule has 0 heterocycles. The standard InChI is InChI=1S/C22H38N2O9/c1-5-14(6-2)33-18-9-13(22(31)32-7-3)8-15(19(18)24-12(4)26)23-10-16(27)20(29)21(30)17(28)11-25/h9-10,14-21,25,27-30H,5-8,11H2,1-4H3,(H,24,26)/t15-,16-,17+,18-,19+,20+,21+/m0/s1. The van der Waals surface area contributed by atoms with Gasteiger partial charge in [0.25, 0.3) is 0 Å². The van der Waals surface area contributed by atoms with Gasteiger partial charge in [0.1, 0.15) is 24.4 Å². The van der Waals surface area contributed by atoms with Gasteiger partial charge in [-0.15, -0.1) is 0 Å². The van der Waals surface area contributed by atoms with Crippen molar-refractivity contribution in [2.24, 2.45) is 4.99 Å². The molecule has 33 heavy (non-hydrogen) atoms. The third-order valence-electron chi connectivity index (χ3n) is 5.44. The number of nitrogens with one attached hydrogen (secondary N) is 1. The van der Waals surface area contributed by atoms with Gasteiger partial charge in [-0.25, -0.2) is 4.79 Å². The molecule has 1 rings (SSSR count). The molecule has 0 radical (unpaired) electrons. The zero-order valence-corrected chi connectivity index (χ0v) is 19.6. The van der Waals surface area contributed by atoms with Crippen LogP contribution in [0.4, 0.5) is 0 Å². The number of aliphatic hydroxyl groups excluding tert-OH is 5. The van der Waals surface area contributed by atoms with Crippen molar-refractivity contribution in [1.82, 2.24) is 5.32 Å². The lowest BCUT2D eigenvalue weighted by Crippen LogP contribution is -2.53. The third-order valence-corrected chi connectivity index (χ3v) is 5.44. The minimum absolute atomic E-state index is 0.0771. The average molecular weight is 475 g/mol. The van der Waals surface area contributed by atoms with Gasteiger partial charge in [-0.3, -0.25) is 9.79 Å². The summed E-state index contributed by atoms with van der Waals surface area (Å²) in [6, 6.07) is -1.42. The number of amides is 1. The van der Waals surface area contributed by atoms with E-state index in [0.717, 1.165) is 6.21 Å². The number of aliphatic hydroxyl groups is 5. The topological polar surface area (TPSA) is 178 Å². The van der Waals surface area contributed by atoms with Crippen LogP contribution in [0.2, 0.25) is 0 Å². The van der Waals surface area contributed by atoms with Crippen molar-refractivity contribution in [3.05, 3.63) is 11.6 Å². The number of esters is 1. The molecule has 0 aromatic rings. The number of carbonyl (C=O) groups excluding carboxylic acids is 2. The van der Waals surface area contributed by atoms with Crippen LogP contribution >= 0.6 is 0 Å². The molecule has 0 fully saturated rings. The van der Waals surface area contributed by atoms with Gasteiger partial charge < -0.3 is 40.3 Å². The van der Waals surface area contributed by atoms with Crippen LogP contribution in [0.1, 0.15) is 47.0 Å². The second kappa shape index (κ2) is 14.4. The molecule has 0 aromatic heterocycles. The Morgan fingerprint density at radius 2 is 1.82 bits per heavy atom. The number of carbonyl (C=O) groups is 2. The summed E-state index contributed by atoms with van der Waals surface area (Å²) in [5, 5.41) is 51.2. The molecule has 6 N–H and O–H groups in total. The normalized spacial score (nSPS) is 24.8. The summed E-state index contributed by atoms with van der Waals surface area (Å²) in [6.07, 6.45) is -3.70. The molecular weight excluding hydrogens is 436 g/mol. The molecule has 11 nitrogen and oxygen atoms in total. The van der Waals surface area contributed by atoms with E-state index in [9.17, 15) is 30.0 Å². The van der Waals surface area contributed by atoms with Crippen molar-refractivity contribution in [2.75, 3.05) is 13.2 Å². The van der Waals surface area contributed by atoms with Crippen LogP contribution in [0.15, 0.2) is 16.6 Å². The Hall–Kier alpha value is -1.89. The van der Waals surface area contributed by atoms with Crippen LogP contribution in [-0.4, -0.2) is 106 Å². The highest BCUT2D eigenvalue weighted by Crippen LogP contribution is 2.27.